The van der Waals surface area contributed by atoms with E-state index in [-0.39, 0.29) is 28.7 Å². The lowest BCUT2D eigenvalue weighted by atomic mass is 10.0. The van der Waals surface area contributed by atoms with Crippen molar-refractivity contribution < 1.29 is 27.2 Å². The highest BCUT2D eigenvalue weighted by molar-refractivity contribution is 7.81. The van der Waals surface area contributed by atoms with Gasteiger partial charge in [0.15, 0.2) is 5.11 Å². The standard InChI is InChI=1S/C20H15F4N5O2S/c1-19(2)17(31)28(12-4-3-11(7-25)14(5-12)20(22,23)24)18(32)29(19)13-6-15(21)16(27-8-13)9-26-10-30/h3-6,8,10H,9H2,1-2H3,(H,26,30). The molecule has 2 aromatic rings. The summed E-state index contributed by atoms with van der Waals surface area (Å²) in [4.78, 5) is 29.7. The van der Waals surface area contributed by atoms with E-state index in [4.69, 9.17) is 17.5 Å². The smallest absolute Gasteiger partial charge is 0.353 e. The molecule has 1 aromatic carbocycles. The molecule has 2 amide bonds. The van der Waals surface area contributed by atoms with Gasteiger partial charge in [0.25, 0.3) is 5.91 Å². The molecule has 0 radical (unpaired) electrons. The molecule has 1 fully saturated rings. The highest BCUT2D eigenvalue weighted by atomic mass is 32.1. The molecule has 32 heavy (non-hydrogen) atoms. The van der Waals surface area contributed by atoms with Crippen LogP contribution >= 0.6 is 12.2 Å². The van der Waals surface area contributed by atoms with E-state index < -0.39 is 34.6 Å². The molecule has 12 heteroatoms. The Bertz CT molecular complexity index is 1160. The number of benzene rings is 1. The summed E-state index contributed by atoms with van der Waals surface area (Å²) in [6.45, 7) is 2.81. The minimum Gasteiger partial charge on any atom is -0.353 e. The Labute approximate surface area is 185 Å². The number of amides is 2. The number of nitrogens with zero attached hydrogens (tertiary/aromatic N) is 4. The van der Waals surface area contributed by atoms with Crippen LogP contribution in [0.15, 0.2) is 30.5 Å². The summed E-state index contributed by atoms with van der Waals surface area (Å²) in [6, 6.07) is 5.36. The Morgan fingerprint density at radius 1 is 1.28 bits per heavy atom. The number of carbonyl (C=O) groups is 2. The van der Waals surface area contributed by atoms with E-state index >= 15 is 0 Å². The van der Waals surface area contributed by atoms with Crippen molar-refractivity contribution in [2.75, 3.05) is 9.80 Å². The monoisotopic (exact) mass is 465 g/mol. The summed E-state index contributed by atoms with van der Waals surface area (Å²) in [6.07, 6.45) is -3.19. The first-order valence-electron chi connectivity index (χ1n) is 9.05. The third kappa shape index (κ3) is 3.87. The Hall–Kier alpha value is -3.59. The summed E-state index contributed by atoms with van der Waals surface area (Å²) in [7, 11) is 0. The van der Waals surface area contributed by atoms with Crippen LogP contribution in [0.25, 0.3) is 0 Å². The van der Waals surface area contributed by atoms with E-state index in [1.807, 2.05) is 0 Å². The fourth-order valence-corrected chi connectivity index (χ4v) is 3.83. The van der Waals surface area contributed by atoms with Gasteiger partial charge in [0.1, 0.15) is 11.4 Å². The molecule has 1 aromatic heterocycles. The van der Waals surface area contributed by atoms with Crippen LogP contribution in [0.4, 0.5) is 28.9 Å². The Morgan fingerprint density at radius 3 is 2.53 bits per heavy atom. The van der Waals surface area contributed by atoms with Crippen molar-refractivity contribution in [2.24, 2.45) is 0 Å². The molecule has 1 aliphatic heterocycles. The van der Waals surface area contributed by atoms with Crippen molar-refractivity contribution in [3.05, 3.63) is 53.1 Å². The molecule has 0 bridgehead atoms. The third-order valence-electron chi connectivity index (χ3n) is 4.87. The molecule has 0 atom stereocenters. The van der Waals surface area contributed by atoms with Gasteiger partial charge in [-0.1, -0.05) is 0 Å². The van der Waals surface area contributed by atoms with Gasteiger partial charge in [-0.05, 0) is 44.3 Å². The van der Waals surface area contributed by atoms with Gasteiger partial charge in [0.2, 0.25) is 6.41 Å². The molecule has 1 aliphatic rings. The van der Waals surface area contributed by atoms with E-state index in [0.717, 1.165) is 17.0 Å². The molecular formula is C20H15F4N5O2S. The maximum Gasteiger partial charge on any atom is 0.417 e. The summed E-state index contributed by atoms with van der Waals surface area (Å²) in [5.41, 5.74) is -3.30. The van der Waals surface area contributed by atoms with Gasteiger partial charge in [-0.25, -0.2) is 4.39 Å². The van der Waals surface area contributed by atoms with Crippen LogP contribution < -0.4 is 15.1 Å². The van der Waals surface area contributed by atoms with E-state index in [9.17, 15) is 27.2 Å². The Morgan fingerprint density at radius 2 is 1.97 bits per heavy atom. The number of hydrogen-bond acceptors (Lipinski definition) is 5. The molecule has 3 rings (SSSR count). The van der Waals surface area contributed by atoms with Crippen LogP contribution in [0.3, 0.4) is 0 Å². The number of pyridine rings is 1. The second-order valence-corrected chi connectivity index (χ2v) is 7.64. The van der Waals surface area contributed by atoms with Crippen LogP contribution in [-0.2, 0) is 22.3 Å². The number of rotatable bonds is 5. The molecule has 0 unspecified atom stereocenters. The lowest BCUT2D eigenvalue weighted by Crippen LogP contribution is -2.44. The zero-order valence-corrected chi connectivity index (χ0v) is 17.5. The van der Waals surface area contributed by atoms with Crippen LogP contribution in [-0.4, -0.2) is 28.0 Å². The van der Waals surface area contributed by atoms with E-state index in [0.29, 0.717) is 12.5 Å². The lowest BCUT2D eigenvalue weighted by molar-refractivity contribution is -0.137. The van der Waals surface area contributed by atoms with Crippen molar-refractivity contribution in [3.63, 3.8) is 0 Å². The fourth-order valence-electron chi connectivity index (χ4n) is 3.31. The molecule has 7 nitrogen and oxygen atoms in total. The van der Waals surface area contributed by atoms with Gasteiger partial charge in [0.05, 0.1) is 47.0 Å². The zero-order chi connectivity index (χ0) is 23.8. The third-order valence-corrected chi connectivity index (χ3v) is 5.23. The van der Waals surface area contributed by atoms with E-state index in [1.165, 1.54) is 37.1 Å². The van der Waals surface area contributed by atoms with Crippen LogP contribution in [0.5, 0.6) is 0 Å². The molecule has 1 saturated heterocycles. The van der Waals surface area contributed by atoms with E-state index in [1.54, 1.807) is 0 Å². The maximum atomic E-state index is 14.4. The number of thiocarbonyl (C=S) groups is 1. The highest BCUT2D eigenvalue weighted by Gasteiger charge is 2.51. The van der Waals surface area contributed by atoms with Crippen LogP contribution in [0, 0.1) is 17.1 Å². The number of nitriles is 1. The van der Waals surface area contributed by atoms with E-state index in [2.05, 4.69) is 10.3 Å². The molecule has 2 heterocycles. The van der Waals surface area contributed by atoms with Gasteiger partial charge < -0.3 is 10.2 Å². The number of anilines is 2. The molecular weight excluding hydrogens is 450 g/mol. The summed E-state index contributed by atoms with van der Waals surface area (Å²) < 4.78 is 54.6. The minimum atomic E-state index is -4.82. The van der Waals surface area contributed by atoms with Crippen molar-refractivity contribution in [1.82, 2.24) is 10.3 Å². The van der Waals surface area contributed by atoms with Crippen LogP contribution in [0.1, 0.15) is 30.7 Å². The second-order valence-electron chi connectivity index (χ2n) is 7.28. The normalized spacial score (nSPS) is 15.7. The number of aromatic nitrogens is 1. The highest BCUT2D eigenvalue weighted by Crippen LogP contribution is 2.39. The SMILES string of the molecule is CC1(C)C(=O)N(c2ccc(C#N)c(C(F)(F)F)c2)C(=S)N1c1cnc(CNC=O)c(F)c1. The largest absolute Gasteiger partial charge is 0.417 e. The van der Waals surface area contributed by atoms with Crippen molar-refractivity contribution in [2.45, 2.75) is 32.1 Å². The molecule has 166 valence electrons. The molecule has 1 N–H and O–H groups in total. The Balaban J connectivity index is 2.06. The fraction of sp³-hybridized carbons (Fsp3) is 0.250. The van der Waals surface area contributed by atoms with Gasteiger partial charge >= 0.3 is 6.18 Å². The van der Waals surface area contributed by atoms with Gasteiger partial charge in [-0.15, -0.1) is 0 Å². The van der Waals surface area contributed by atoms with Crippen molar-refractivity contribution >= 4 is 41.0 Å². The average Bonchev–Trinajstić information content (AvgIpc) is 2.90. The first-order chi connectivity index (χ1) is 14.9. The zero-order valence-electron chi connectivity index (χ0n) is 16.7. The second kappa shape index (κ2) is 8.16. The van der Waals surface area contributed by atoms with Gasteiger partial charge in [-0.3, -0.25) is 19.5 Å². The van der Waals surface area contributed by atoms with Crippen LogP contribution in [0.2, 0.25) is 0 Å². The average molecular weight is 465 g/mol. The summed E-state index contributed by atoms with van der Waals surface area (Å²) in [5.74, 6) is -1.41. The summed E-state index contributed by atoms with van der Waals surface area (Å²) >= 11 is 5.37. The van der Waals surface area contributed by atoms with Crippen molar-refractivity contribution in [3.8, 4) is 6.07 Å². The lowest BCUT2D eigenvalue weighted by Gasteiger charge is -2.29. The number of carbonyl (C=O) groups excluding carboxylic acids is 2. The predicted octanol–water partition coefficient (Wildman–Crippen LogP) is 3.27. The summed E-state index contributed by atoms with van der Waals surface area (Å²) in [5, 5.41) is 11.1. The predicted molar refractivity (Wildman–Crippen MR) is 110 cm³/mol. The van der Waals surface area contributed by atoms with Gasteiger partial charge in [-0.2, -0.15) is 18.4 Å². The minimum absolute atomic E-state index is 0.0473. The first-order valence-corrected chi connectivity index (χ1v) is 9.46. The quantitative estimate of drug-likeness (QED) is 0.414. The number of halogens is 4. The Kier molecular flexibility index (Phi) is 5.88. The van der Waals surface area contributed by atoms with Crippen molar-refractivity contribution in [1.29, 1.82) is 5.26 Å². The number of hydrogen-bond donors (Lipinski definition) is 1. The first kappa shape index (κ1) is 23.1. The molecule has 0 saturated carbocycles. The molecule has 0 spiro atoms. The number of nitrogens with one attached hydrogen (secondary N) is 1. The maximum absolute atomic E-state index is 14.4. The van der Waals surface area contributed by atoms with Gasteiger partial charge in [0, 0.05) is 6.07 Å². The topological polar surface area (TPSA) is 89.3 Å². The number of alkyl halides is 3. The molecule has 0 aliphatic carbocycles.